The first kappa shape index (κ1) is 19.6. The lowest BCUT2D eigenvalue weighted by molar-refractivity contribution is -0.139. The van der Waals surface area contributed by atoms with Crippen molar-refractivity contribution < 1.29 is 24.4 Å². The Balaban J connectivity index is 1.68. The smallest absolute Gasteiger partial charge is 0.147 e. The van der Waals surface area contributed by atoms with Crippen LogP contribution in [-0.2, 0) is 27.4 Å². The highest BCUT2D eigenvalue weighted by molar-refractivity contribution is 5.14. The predicted octanol–water partition coefficient (Wildman–Crippen LogP) is 2.36. The van der Waals surface area contributed by atoms with Gasteiger partial charge in [0.05, 0.1) is 39.1 Å². The summed E-state index contributed by atoms with van der Waals surface area (Å²) in [5, 5.41) is 19.1. The summed E-state index contributed by atoms with van der Waals surface area (Å²) in [7, 11) is 0. The Morgan fingerprint density at radius 3 is 1.80 bits per heavy atom. The van der Waals surface area contributed by atoms with E-state index in [1.807, 2.05) is 60.7 Å². The van der Waals surface area contributed by atoms with Gasteiger partial charge in [-0.05, 0) is 11.1 Å². The van der Waals surface area contributed by atoms with Gasteiger partial charge in [0, 0.05) is 5.92 Å². The summed E-state index contributed by atoms with van der Waals surface area (Å²) < 4.78 is 16.7. The Morgan fingerprint density at radius 1 is 0.720 bits per heavy atom. The number of benzene rings is 2. The van der Waals surface area contributed by atoms with Crippen LogP contribution in [0.3, 0.4) is 0 Å². The summed E-state index contributed by atoms with van der Waals surface area (Å²) in [4.78, 5) is 0. The second-order valence-corrected chi connectivity index (χ2v) is 5.78. The first-order valence-corrected chi connectivity index (χ1v) is 8.40. The van der Waals surface area contributed by atoms with Gasteiger partial charge in [0.25, 0.3) is 0 Å². The van der Waals surface area contributed by atoms with Crippen LogP contribution >= 0.6 is 0 Å². The zero-order valence-corrected chi connectivity index (χ0v) is 14.3. The topological polar surface area (TPSA) is 68.2 Å². The van der Waals surface area contributed by atoms with Gasteiger partial charge < -0.3 is 24.4 Å². The third kappa shape index (κ3) is 7.34. The molecular weight excluding hydrogens is 320 g/mol. The number of hydrogen-bond donors (Lipinski definition) is 2. The van der Waals surface area contributed by atoms with E-state index in [1.165, 1.54) is 0 Å². The SMILES string of the molecule is OCC(COCc1ccccc1)C(CO)OCOCc1ccccc1. The van der Waals surface area contributed by atoms with Gasteiger partial charge in [-0.1, -0.05) is 60.7 Å². The predicted molar refractivity (Wildman–Crippen MR) is 94.7 cm³/mol. The highest BCUT2D eigenvalue weighted by atomic mass is 16.7. The molecule has 0 aliphatic rings. The molecule has 0 aliphatic carbocycles. The maximum absolute atomic E-state index is 9.55. The standard InChI is InChI=1S/C20H26O5/c21-11-19(15-23-13-17-7-3-1-4-8-17)20(12-22)25-16-24-14-18-9-5-2-6-10-18/h1-10,19-22H,11-16H2. The Kier molecular flexibility index (Phi) is 9.18. The summed E-state index contributed by atoms with van der Waals surface area (Å²) in [5.74, 6) is -0.311. The third-order valence-electron chi connectivity index (χ3n) is 3.86. The van der Waals surface area contributed by atoms with E-state index in [4.69, 9.17) is 14.2 Å². The van der Waals surface area contributed by atoms with Crippen molar-refractivity contribution in [1.29, 1.82) is 0 Å². The molecule has 5 heteroatoms. The first-order valence-electron chi connectivity index (χ1n) is 8.40. The van der Waals surface area contributed by atoms with Gasteiger partial charge >= 0.3 is 0 Å². The van der Waals surface area contributed by atoms with E-state index in [2.05, 4.69) is 0 Å². The molecule has 2 N–H and O–H groups in total. The maximum atomic E-state index is 9.55. The fraction of sp³-hybridized carbons (Fsp3) is 0.400. The molecule has 0 saturated carbocycles. The fourth-order valence-corrected chi connectivity index (χ4v) is 2.39. The van der Waals surface area contributed by atoms with Gasteiger partial charge in [-0.15, -0.1) is 0 Å². The Hall–Kier alpha value is -1.76. The average molecular weight is 346 g/mol. The molecule has 0 aromatic heterocycles. The van der Waals surface area contributed by atoms with Gasteiger partial charge in [0.15, 0.2) is 0 Å². The Morgan fingerprint density at radius 2 is 1.28 bits per heavy atom. The molecule has 2 aromatic rings. The van der Waals surface area contributed by atoms with Crippen molar-refractivity contribution in [2.75, 3.05) is 26.6 Å². The van der Waals surface area contributed by atoms with E-state index >= 15 is 0 Å². The number of aliphatic hydroxyl groups is 2. The van der Waals surface area contributed by atoms with Crippen molar-refractivity contribution in [3.05, 3.63) is 71.8 Å². The molecule has 0 fully saturated rings. The van der Waals surface area contributed by atoms with Gasteiger partial charge in [-0.3, -0.25) is 0 Å². The number of hydrogen-bond acceptors (Lipinski definition) is 5. The van der Waals surface area contributed by atoms with Crippen LogP contribution in [-0.4, -0.2) is 42.9 Å². The molecule has 136 valence electrons. The van der Waals surface area contributed by atoms with Crippen molar-refractivity contribution in [2.45, 2.75) is 19.3 Å². The van der Waals surface area contributed by atoms with Crippen LogP contribution in [0.1, 0.15) is 11.1 Å². The zero-order valence-electron chi connectivity index (χ0n) is 14.3. The second kappa shape index (κ2) is 11.7. The van der Waals surface area contributed by atoms with Gasteiger partial charge in [0.1, 0.15) is 6.79 Å². The van der Waals surface area contributed by atoms with Crippen molar-refractivity contribution in [2.24, 2.45) is 5.92 Å². The molecule has 2 aromatic carbocycles. The Labute approximate surface area is 148 Å². The normalized spacial score (nSPS) is 13.5. The second-order valence-electron chi connectivity index (χ2n) is 5.78. The largest absolute Gasteiger partial charge is 0.396 e. The van der Waals surface area contributed by atoms with Gasteiger partial charge in [-0.25, -0.2) is 0 Å². The highest BCUT2D eigenvalue weighted by Gasteiger charge is 2.21. The maximum Gasteiger partial charge on any atom is 0.147 e. The van der Waals surface area contributed by atoms with Crippen LogP contribution in [0.4, 0.5) is 0 Å². The van der Waals surface area contributed by atoms with E-state index in [1.54, 1.807) is 0 Å². The third-order valence-corrected chi connectivity index (χ3v) is 3.86. The summed E-state index contributed by atoms with van der Waals surface area (Å²) >= 11 is 0. The van der Waals surface area contributed by atoms with Gasteiger partial charge in [0.2, 0.25) is 0 Å². The molecule has 2 unspecified atom stereocenters. The van der Waals surface area contributed by atoms with Gasteiger partial charge in [-0.2, -0.15) is 0 Å². The van der Waals surface area contributed by atoms with E-state index < -0.39 is 6.10 Å². The first-order chi connectivity index (χ1) is 12.3. The van der Waals surface area contributed by atoms with E-state index in [9.17, 15) is 10.2 Å². The molecule has 0 heterocycles. The minimum Gasteiger partial charge on any atom is -0.396 e. The highest BCUT2D eigenvalue weighted by Crippen LogP contribution is 2.11. The zero-order chi connectivity index (χ0) is 17.7. The number of rotatable bonds is 12. The molecule has 0 saturated heterocycles. The molecule has 0 radical (unpaired) electrons. The summed E-state index contributed by atoms with van der Waals surface area (Å²) in [6.45, 7) is 0.922. The Bertz CT molecular complexity index is 561. The number of ether oxygens (including phenoxy) is 3. The minimum absolute atomic E-state index is 0.0509. The van der Waals surface area contributed by atoms with Crippen LogP contribution in [0.2, 0.25) is 0 Å². The molecule has 0 amide bonds. The van der Waals surface area contributed by atoms with Crippen LogP contribution in [0.25, 0.3) is 0 Å². The van der Waals surface area contributed by atoms with Crippen LogP contribution < -0.4 is 0 Å². The lowest BCUT2D eigenvalue weighted by Crippen LogP contribution is -2.34. The van der Waals surface area contributed by atoms with Crippen molar-refractivity contribution in [3.8, 4) is 0 Å². The fourth-order valence-electron chi connectivity index (χ4n) is 2.39. The molecule has 0 aliphatic heterocycles. The van der Waals surface area contributed by atoms with Crippen LogP contribution in [0.15, 0.2) is 60.7 Å². The van der Waals surface area contributed by atoms with Crippen LogP contribution in [0.5, 0.6) is 0 Å². The molecular formula is C20H26O5. The van der Waals surface area contributed by atoms with E-state index in [0.717, 1.165) is 11.1 Å². The lowest BCUT2D eigenvalue weighted by atomic mass is 10.1. The summed E-state index contributed by atoms with van der Waals surface area (Å²) in [6, 6.07) is 19.6. The molecule has 2 atom stereocenters. The quantitative estimate of drug-likeness (QED) is 0.456. The molecule has 0 bridgehead atoms. The molecule has 5 nitrogen and oxygen atoms in total. The molecule has 25 heavy (non-hydrogen) atoms. The van der Waals surface area contributed by atoms with E-state index in [-0.39, 0.29) is 25.9 Å². The molecule has 0 spiro atoms. The van der Waals surface area contributed by atoms with Crippen LogP contribution in [0, 0.1) is 5.92 Å². The van der Waals surface area contributed by atoms with Crippen molar-refractivity contribution in [3.63, 3.8) is 0 Å². The average Bonchev–Trinajstić information content (AvgIpc) is 2.68. The number of aliphatic hydroxyl groups excluding tert-OH is 2. The summed E-state index contributed by atoms with van der Waals surface area (Å²) in [6.07, 6.45) is -0.531. The van der Waals surface area contributed by atoms with Crippen molar-refractivity contribution in [1.82, 2.24) is 0 Å². The lowest BCUT2D eigenvalue weighted by Gasteiger charge is -2.24. The van der Waals surface area contributed by atoms with Crippen molar-refractivity contribution >= 4 is 0 Å². The van der Waals surface area contributed by atoms with E-state index in [0.29, 0.717) is 19.8 Å². The molecule has 2 rings (SSSR count). The monoisotopic (exact) mass is 346 g/mol. The minimum atomic E-state index is -0.531. The summed E-state index contributed by atoms with van der Waals surface area (Å²) in [5.41, 5.74) is 2.11.